The first-order chi connectivity index (χ1) is 9.78. The van der Waals surface area contributed by atoms with E-state index in [1.807, 2.05) is 36.4 Å². The highest BCUT2D eigenvalue weighted by atomic mass is 16.5. The van der Waals surface area contributed by atoms with Gasteiger partial charge in [0, 0.05) is 11.5 Å². The molecule has 0 aromatic heterocycles. The summed E-state index contributed by atoms with van der Waals surface area (Å²) in [6.07, 6.45) is 3.83. The van der Waals surface area contributed by atoms with Gasteiger partial charge in [0.25, 0.3) is 0 Å². The van der Waals surface area contributed by atoms with Gasteiger partial charge in [-0.3, -0.25) is 4.79 Å². The van der Waals surface area contributed by atoms with Gasteiger partial charge in [0.1, 0.15) is 5.75 Å². The molecule has 2 unspecified atom stereocenters. The molecule has 4 rings (SSSR count). The minimum atomic E-state index is 0.319. The van der Waals surface area contributed by atoms with Gasteiger partial charge in [-0.15, -0.1) is 0 Å². The van der Waals surface area contributed by atoms with Gasteiger partial charge in [-0.1, -0.05) is 24.6 Å². The highest BCUT2D eigenvalue weighted by molar-refractivity contribution is 6.03. The number of Topliss-reactive ketones (excluding diaryl/α,β-unsaturated/α-hetero) is 1. The SMILES string of the molecule is COc1ccc2cc(C(=O)C3C4CCCC43)ccc2c1. The molecule has 0 saturated heterocycles. The summed E-state index contributed by atoms with van der Waals surface area (Å²) in [5, 5.41) is 2.24. The average molecular weight is 266 g/mol. The number of fused-ring (bicyclic) bond motifs is 2. The van der Waals surface area contributed by atoms with Gasteiger partial charge in [-0.05, 0) is 53.6 Å². The Balaban J connectivity index is 1.65. The Labute approximate surface area is 118 Å². The van der Waals surface area contributed by atoms with Crippen molar-refractivity contribution in [1.29, 1.82) is 0 Å². The minimum Gasteiger partial charge on any atom is -0.497 e. The lowest BCUT2D eigenvalue weighted by Gasteiger charge is -2.06. The van der Waals surface area contributed by atoms with E-state index in [1.54, 1.807) is 7.11 Å². The quantitative estimate of drug-likeness (QED) is 0.782. The van der Waals surface area contributed by atoms with Gasteiger partial charge in [0.15, 0.2) is 5.78 Å². The van der Waals surface area contributed by atoms with E-state index in [2.05, 4.69) is 0 Å². The third-order valence-corrected chi connectivity index (χ3v) is 5.04. The van der Waals surface area contributed by atoms with Gasteiger partial charge in [-0.25, -0.2) is 0 Å². The van der Waals surface area contributed by atoms with Crippen LogP contribution < -0.4 is 4.74 Å². The van der Waals surface area contributed by atoms with Crippen LogP contribution in [0.3, 0.4) is 0 Å². The second-order valence-corrected chi connectivity index (χ2v) is 6.08. The molecule has 0 spiro atoms. The molecule has 0 bridgehead atoms. The molecule has 0 amide bonds. The van der Waals surface area contributed by atoms with Crippen molar-refractivity contribution < 1.29 is 9.53 Å². The van der Waals surface area contributed by atoms with Crippen molar-refractivity contribution in [3.05, 3.63) is 42.0 Å². The Morgan fingerprint density at radius 3 is 2.50 bits per heavy atom. The molecule has 2 aliphatic rings. The summed E-state index contributed by atoms with van der Waals surface area (Å²) >= 11 is 0. The maximum atomic E-state index is 12.6. The average Bonchev–Trinajstić information content (AvgIpc) is 2.97. The second-order valence-electron chi connectivity index (χ2n) is 6.08. The van der Waals surface area contributed by atoms with E-state index < -0.39 is 0 Å². The largest absolute Gasteiger partial charge is 0.497 e. The van der Waals surface area contributed by atoms with E-state index in [1.165, 1.54) is 19.3 Å². The van der Waals surface area contributed by atoms with Crippen LogP contribution in [0.2, 0.25) is 0 Å². The molecule has 0 heterocycles. The lowest BCUT2D eigenvalue weighted by Crippen LogP contribution is -2.06. The van der Waals surface area contributed by atoms with Crippen LogP contribution in [-0.4, -0.2) is 12.9 Å². The Bertz CT molecular complexity index is 679. The van der Waals surface area contributed by atoms with E-state index in [-0.39, 0.29) is 0 Å². The first-order valence-corrected chi connectivity index (χ1v) is 7.40. The molecular formula is C18H18O2. The van der Waals surface area contributed by atoms with Crippen molar-refractivity contribution in [3.63, 3.8) is 0 Å². The number of ketones is 1. The van der Waals surface area contributed by atoms with Gasteiger partial charge in [0.2, 0.25) is 0 Å². The summed E-state index contributed by atoms with van der Waals surface area (Å²) in [4.78, 5) is 12.6. The monoisotopic (exact) mass is 266 g/mol. The summed E-state index contributed by atoms with van der Waals surface area (Å²) in [6.45, 7) is 0. The first-order valence-electron chi connectivity index (χ1n) is 7.40. The second kappa shape index (κ2) is 4.34. The number of carbonyl (C=O) groups excluding carboxylic acids is 1. The molecule has 2 aliphatic carbocycles. The summed E-state index contributed by atoms with van der Waals surface area (Å²) < 4.78 is 5.23. The Morgan fingerprint density at radius 2 is 1.75 bits per heavy atom. The maximum Gasteiger partial charge on any atom is 0.166 e. The molecule has 0 N–H and O–H groups in total. The predicted molar refractivity (Wildman–Crippen MR) is 79.2 cm³/mol. The molecule has 2 heteroatoms. The van der Waals surface area contributed by atoms with Crippen LogP contribution in [0.25, 0.3) is 10.8 Å². The zero-order valence-electron chi connectivity index (χ0n) is 11.6. The number of rotatable bonds is 3. The minimum absolute atomic E-state index is 0.319. The molecule has 2 nitrogen and oxygen atoms in total. The molecule has 2 aromatic carbocycles. The molecule has 0 radical (unpaired) electrons. The molecule has 0 aliphatic heterocycles. The first kappa shape index (κ1) is 12.0. The van der Waals surface area contributed by atoms with Crippen molar-refractivity contribution in [2.75, 3.05) is 7.11 Å². The Kier molecular flexibility index (Phi) is 2.59. The highest BCUT2D eigenvalue weighted by Gasteiger charge is 2.56. The molecule has 2 aromatic rings. The lowest BCUT2D eigenvalue weighted by molar-refractivity contribution is 0.0951. The number of benzene rings is 2. The summed E-state index contributed by atoms with van der Waals surface area (Å²) in [7, 11) is 1.67. The smallest absolute Gasteiger partial charge is 0.166 e. The van der Waals surface area contributed by atoms with Crippen molar-refractivity contribution in [2.45, 2.75) is 19.3 Å². The van der Waals surface area contributed by atoms with Crippen molar-refractivity contribution in [3.8, 4) is 5.75 Å². The molecule has 2 atom stereocenters. The summed E-state index contributed by atoms with van der Waals surface area (Å²) in [5.74, 6) is 2.91. The number of methoxy groups -OCH3 is 1. The number of hydrogen-bond acceptors (Lipinski definition) is 2. The maximum absolute atomic E-state index is 12.6. The summed E-state index contributed by atoms with van der Waals surface area (Å²) in [5.41, 5.74) is 0.877. The van der Waals surface area contributed by atoms with E-state index in [9.17, 15) is 4.79 Å². The Morgan fingerprint density at radius 1 is 1.05 bits per heavy atom. The normalized spacial score (nSPS) is 27.4. The van der Waals surface area contributed by atoms with Gasteiger partial charge in [-0.2, -0.15) is 0 Å². The number of hydrogen-bond donors (Lipinski definition) is 0. The zero-order valence-corrected chi connectivity index (χ0v) is 11.6. The molecular weight excluding hydrogens is 248 g/mol. The van der Waals surface area contributed by atoms with E-state index in [0.717, 1.165) is 22.1 Å². The highest BCUT2D eigenvalue weighted by Crippen LogP contribution is 2.58. The van der Waals surface area contributed by atoms with E-state index >= 15 is 0 Å². The van der Waals surface area contributed by atoms with Crippen LogP contribution >= 0.6 is 0 Å². The molecule has 2 fully saturated rings. The Hall–Kier alpha value is -1.83. The fraction of sp³-hybridized carbons (Fsp3) is 0.389. The van der Waals surface area contributed by atoms with Crippen molar-refractivity contribution in [1.82, 2.24) is 0 Å². The lowest BCUT2D eigenvalue weighted by atomic mass is 9.98. The third kappa shape index (κ3) is 1.75. The molecule has 2 saturated carbocycles. The molecule has 102 valence electrons. The standard InChI is InChI=1S/C18H18O2/c1-20-14-8-7-11-9-13(6-5-12(11)10-14)18(19)17-15-3-2-4-16(15)17/h5-10,15-17H,2-4H2,1H3. The zero-order chi connectivity index (χ0) is 13.7. The van der Waals surface area contributed by atoms with Gasteiger partial charge in [0.05, 0.1) is 7.11 Å². The van der Waals surface area contributed by atoms with Crippen LogP contribution in [0.4, 0.5) is 0 Å². The fourth-order valence-corrected chi connectivity index (χ4v) is 3.91. The summed E-state index contributed by atoms with van der Waals surface area (Å²) in [6, 6.07) is 12.0. The van der Waals surface area contributed by atoms with Gasteiger partial charge < -0.3 is 4.74 Å². The number of carbonyl (C=O) groups is 1. The van der Waals surface area contributed by atoms with Crippen molar-refractivity contribution >= 4 is 16.6 Å². The van der Waals surface area contributed by atoms with Crippen molar-refractivity contribution in [2.24, 2.45) is 17.8 Å². The van der Waals surface area contributed by atoms with E-state index in [4.69, 9.17) is 4.74 Å². The van der Waals surface area contributed by atoms with Crippen LogP contribution in [-0.2, 0) is 0 Å². The third-order valence-electron chi connectivity index (χ3n) is 5.04. The van der Waals surface area contributed by atoms with Crippen LogP contribution in [0.1, 0.15) is 29.6 Å². The van der Waals surface area contributed by atoms with Crippen LogP contribution in [0.5, 0.6) is 5.75 Å². The number of ether oxygens (including phenoxy) is 1. The van der Waals surface area contributed by atoms with Crippen LogP contribution in [0, 0.1) is 17.8 Å². The fourth-order valence-electron chi connectivity index (χ4n) is 3.91. The molecule has 20 heavy (non-hydrogen) atoms. The van der Waals surface area contributed by atoms with Crippen LogP contribution in [0.15, 0.2) is 36.4 Å². The predicted octanol–water partition coefficient (Wildman–Crippen LogP) is 4.08. The van der Waals surface area contributed by atoms with E-state index in [0.29, 0.717) is 23.5 Å². The van der Waals surface area contributed by atoms with Gasteiger partial charge >= 0.3 is 0 Å². The topological polar surface area (TPSA) is 26.3 Å².